The monoisotopic (exact) mass is 410 g/mol. The normalized spacial score (nSPS) is 11.4. The summed E-state index contributed by atoms with van der Waals surface area (Å²) in [6.45, 7) is 2.16. The Morgan fingerprint density at radius 3 is 2.33 bits per heavy atom. The second-order valence-electron chi connectivity index (χ2n) is 5.61. The Balaban J connectivity index is 1.73. The lowest BCUT2D eigenvalue weighted by molar-refractivity contribution is -0.127. The van der Waals surface area contributed by atoms with Gasteiger partial charge >= 0.3 is 0 Å². The number of carbonyl (C=O) groups is 2. The van der Waals surface area contributed by atoms with E-state index in [9.17, 15) is 9.59 Å². The van der Waals surface area contributed by atoms with Gasteiger partial charge in [0.05, 0.1) is 12.1 Å². The molecule has 0 bridgehead atoms. The van der Waals surface area contributed by atoms with Crippen molar-refractivity contribution in [1.29, 1.82) is 0 Å². The van der Waals surface area contributed by atoms with Crippen molar-refractivity contribution in [3.63, 3.8) is 0 Å². The number of methoxy groups -OCH3 is 1. The molecule has 2 aromatic rings. The van der Waals surface area contributed by atoms with Crippen molar-refractivity contribution < 1.29 is 19.1 Å². The van der Waals surface area contributed by atoms with Crippen LogP contribution in [0, 0.1) is 0 Å². The van der Waals surface area contributed by atoms with Gasteiger partial charge in [-0.2, -0.15) is 0 Å². The zero-order chi connectivity index (χ0) is 19.8. The highest BCUT2D eigenvalue weighted by atomic mass is 35.5. The number of rotatable bonds is 8. The molecular weight excluding hydrogens is 391 g/mol. The lowest BCUT2D eigenvalue weighted by atomic mass is 10.2. The van der Waals surface area contributed by atoms with Gasteiger partial charge in [-0.1, -0.05) is 23.2 Å². The molecule has 0 spiro atoms. The largest absolute Gasteiger partial charge is 0.497 e. The SMILES string of the molecule is COc1ccc(C(=O)NCCNC(=O)C(C)Oc2ccc(Cl)cc2Cl)cc1. The quantitative estimate of drug-likeness (QED) is 0.654. The summed E-state index contributed by atoms with van der Waals surface area (Å²) in [6.07, 6.45) is -0.749. The minimum absolute atomic E-state index is 0.232. The van der Waals surface area contributed by atoms with Crippen molar-refractivity contribution in [1.82, 2.24) is 10.6 Å². The maximum atomic E-state index is 12.1. The summed E-state index contributed by atoms with van der Waals surface area (Å²) in [5.41, 5.74) is 0.510. The Morgan fingerprint density at radius 1 is 1.04 bits per heavy atom. The Hall–Kier alpha value is -2.44. The zero-order valence-electron chi connectivity index (χ0n) is 14.9. The predicted molar refractivity (Wildman–Crippen MR) is 105 cm³/mol. The highest BCUT2D eigenvalue weighted by Crippen LogP contribution is 2.28. The number of halogens is 2. The van der Waals surface area contributed by atoms with E-state index in [1.165, 1.54) is 6.07 Å². The summed E-state index contributed by atoms with van der Waals surface area (Å²) >= 11 is 11.8. The number of hydrogen-bond donors (Lipinski definition) is 2. The molecular formula is C19H20Cl2N2O4. The predicted octanol–water partition coefficient (Wildman–Crippen LogP) is 3.32. The number of ether oxygens (including phenoxy) is 2. The summed E-state index contributed by atoms with van der Waals surface area (Å²) in [5.74, 6) is 0.494. The molecule has 27 heavy (non-hydrogen) atoms. The van der Waals surface area contributed by atoms with Crippen LogP contribution in [0.25, 0.3) is 0 Å². The summed E-state index contributed by atoms with van der Waals surface area (Å²) in [7, 11) is 1.56. The third-order valence-electron chi connectivity index (χ3n) is 3.63. The summed E-state index contributed by atoms with van der Waals surface area (Å²) in [5, 5.41) is 6.23. The van der Waals surface area contributed by atoms with Crippen LogP contribution in [0.2, 0.25) is 10.0 Å². The molecule has 0 aliphatic carbocycles. The molecule has 2 rings (SSSR count). The number of benzene rings is 2. The van der Waals surface area contributed by atoms with Gasteiger partial charge in [0.2, 0.25) is 0 Å². The molecule has 0 aliphatic heterocycles. The van der Waals surface area contributed by atoms with Gasteiger partial charge < -0.3 is 20.1 Å². The Bertz CT molecular complexity index is 797. The first-order chi connectivity index (χ1) is 12.9. The number of hydrogen-bond acceptors (Lipinski definition) is 4. The fourth-order valence-electron chi connectivity index (χ4n) is 2.16. The van der Waals surface area contributed by atoms with Crippen LogP contribution in [-0.2, 0) is 4.79 Å². The number of nitrogens with one attached hydrogen (secondary N) is 2. The molecule has 0 heterocycles. The Kier molecular flexibility index (Phi) is 7.76. The van der Waals surface area contributed by atoms with E-state index >= 15 is 0 Å². The molecule has 1 unspecified atom stereocenters. The summed E-state index contributed by atoms with van der Waals surface area (Å²) in [6, 6.07) is 11.5. The lowest BCUT2D eigenvalue weighted by Gasteiger charge is -2.16. The van der Waals surface area contributed by atoms with Gasteiger partial charge in [0.15, 0.2) is 6.10 Å². The van der Waals surface area contributed by atoms with Crippen molar-refractivity contribution in [3.05, 3.63) is 58.1 Å². The van der Waals surface area contributed by atoms with E-state index in [0.717, 1.165) is 0 Å². The standard InChI is InChI=1S/C19H20Cl2N2O4/c1-12(27-17-8-5-14(20)11-16(17)21)18(24)22-9-10-23-19(25)13-3-6-15(26-2)7-4-13/h3-8,11-12H,9-10H2,1-2H3,(H,22,24)(H,23,25). The molecule has 1 atom stereocenters. The van der Waals surface area contributed by atoms with E-state index in [0.29, 0.717) is 27.1 Å². The van der Waals surface area contributed by atoms with Crippen LogP contribution in [-0.4, -0.2) is 38.1 Å². The smallest absolute Gasteiger partial charge is 0.260 e. The maximum absolute atomic E-state index is 12.1. The van der Waals surface area contributed by atoms with Crippen molar-refractivity contribution >= 4 is 35.0 Å². The molecule has 0 fully saturated rings. The van der Waals surface area contributed by atoms with Crippen LogP contribution in [0.5, 0.6) is 11.5 Å². The van der Waals surface area contributed by atoms with Gasteiger partial charge in [-0.3, -0.25) is 9.59 Å². The summed E-state index contributed by atoms with van der Waals surface area (Å²) in [4.78, 5) is 24.1. The average molecular weight is 411 g/mol. The third kappa shape index (κ3) is 6.34. The van der Waals surface area contributed by atoms with Gasteiger partial charge in [0.1, 0.15) is 11.5 Å². The van der Waals surface area contributed by atoms with E-state index in [4.69, 9.17) is 32.7 Å². The molecule has 0 aromatic heterocycles. The van der Waals surface area contributed by atoms with Crippen molar-refractivity contribution in [3.8, 4) is 11.5 Å². The number of carbonyl (C=O) groups excluding carboxylic acids is 2. The average Bonchev–Trinajstić information content (AvgIpc) is 2.67. The molecule has 0 saturated carbocycles. The third-order valence-corrected chi connectivity index (χ3v) is 4.16. The number of amides is 2. The second kappa shape index (κ2) is 10.0. The van der Waals surface area contributed by atoms with Gasteiger partial charge in [0.25, 0.3) is 11.8 Å². The second-order valence-corrected chi connectivity index (χ2v) is 6.45. The van der Waals surface area contributed by atoms with Gasteiger partial charge in [-0.15, -0.1) is 0 Å². The van der Waals surface area contributed by atoms with Crippen LogP contribution in [0.3, 0.4) is 0 Å². The van der Waals surface area contributed by atoms with Gasteiger partial charge in [-0.05, 0) is 49.4 Å². The fourth-order valence-corrected chi connectivity index (χ4v) is 2.62. The van der Waals surface area contributed by atoms with Crippen molar-refractivity contribution in [2.24, 2.45) is 0 Å². The molecule has 2 aromatic carbocycles. The minimum Gasteiger partial charge on any atom is -0.497 e. The molecule has 2 amide bonds. The van der Waals surface area contributed by atoms with E-state index in [-0.39, 0.29) is 24.9 Å². The fraction of sp³-hybridized carbons (Fsp3) is 0.263. The first kappa shape index (κ1) is 20.9. The van der Waals surface area contributed by atoms with Crippen LogP contribution in [0.4, 0.5) is 0 Å². The van der Waals surface area contributed by atoms with Crippen LogP contribution in [0.15, 0.2) is 42.5 Å². The highest BCUT2D eigenvalue weighted by Gasteiger charge is 2.16. The van der Waals surface area contributed by atoms with Crippen LogP contribution in [0.1, 0.15) is 17.3 Å². The van der Waals surface area contributed by atoms with Gasteiger partial charge in [-0.25, -0.2) is 0 Å². The molecule has 8 heteroatoms. The highest BCUT2D eigenvalue weighted by molar-refractivity contribution is 6.35. The molecule has 0 aliphatic rings. The van der Waals surface area contributed by atoms with E-state index < -0.39 is 6.10 Å². The molecule has 144 valence electrons. The van der Waals surface area contributed by atoms with Crippen molar-refractivity contribution in [2.45, 2.75) is 13.0 Å². The lowest BCUT2D eigenvalue weighted by Crippen LogP contribution is -2.40. The molecule has 6 nitrogen and oxygen atoms in total. The molecule has 0 radical (unpaired) electrons. The Labute approximate surface area is 167 Å². The van der Waals surface area contributed by atoms with E-state index in [2.05, 4.69) is 10.6 Å². The zero-order valence-corrected chi connectivity index (χ0v) is 16.4. The van der Waals surface area contributed by atoms with Crippen molar-refractivity contribution in [2.75, 3.05) is 20.2 Å². The maximum Gasteiger partial charge on any atom is 0.260 e. The Morgan fingerprint density at radius 2 is 1.70 bits per heavy atom. The first-order valence-electron chi connectivity index (χ1n) is 8.22. The van der Waals surface area contributed by atoms with E-state index in [1.807, 2.05) is 0 Å². The summed E-state index contributed by atoms with van der Waals surface area (Å²) < 4.78 is 10.6. The first-order valence-corrected chi connectivity index (χ1v) is 8.98. The minimum atomic E-state index is -0.749. The topological polar surface area (TPSA) is 76.7 Å². The van der Waals surface area contributed by atoms with Crippen LogP contribution < -0.4 is 20.1 Å². The molecule has 2 N–H and O–H groups in total. The van der Waals surface area contributed by atoms with Crippen LogP contribution >= 0.6 is 23.2 Å². The van der Waals surface area contributed by atoms with E-state index in [1.54, 1.807) is 50.4 Å². The molecule has 0 saturated heterocycles. The van der Waals surface area contributed by atoms with Gasteiger partial charge in [0, 0.05) is 23.7 Å².